The molecule has 1 N–H and O–H groups in total. The molecule has 3 heterocycles. The zero-order chi connectivity index (χ0) is 19.5. The van der Waals surface area contributed by atoms with Gasteiger partial charge >= 0.3 is 0 Å². The molecule has 1 aromatic carbocycles. The number of hydrogen-bond donors (Lipinski definition) is 1. The molecule has 4 rings (SSSR count). The van der Waals surface area contributed by atoms with Gasteiger partial charge < -0.3 is 14.6 Å². The first kappa shape index (κ1) is 18.6. The largest absolute Gasteiger partial charge is 0.391 e. The molecule has 2 atom stereocenters. The molecule has 0 radical (unpaired) electrons. The van der Waals surface area contributed by atoms with E-state index in [-0.39, 0.29) is 11.8 Å². The Bertz CT molecular complexity index is 963. The number of carbonyl (C=O) groups is 1. The van der Waals surface area contributed by atoms with Crippen LogP contribution in [0.5, 0.6) is 0 Å². The number of rotatable bonds is 6. The summed E-state index contributed by atoms with van der Waals surface area (Å²) in [6.07, 6.45) is 7.05. The molecule has 6 heteroatoms. The fourth-order valence-electron chi connectivity index (χ4n) is 4.11. The van der Waals surface area contributed by atoms with Crippen LogP contribution in [0.1, 0.15) is 24.7 Å². The maximum atomic E-state index is 12.7. The predicted octanol–water partition coefficient (Wildman–Crippen LogP) is 2.45. The molecular formula is C22H26N4O2. The summed E-state index contributed by atoms with van der Waals surface area (Å²) in [5, 5.41) is 11.7. The number of imidazole rings is 1. The summed E-state index contributed by atoms with van der Waals surface area (Å²) in [6, 6.07) is 10.1. The van der Waals surface area contributed by atoms with Crippen LogP contribution in [0.25, 0.3) is 10.9 Å². The van der Waals surface area contributed by atoms with E-state index in [1.807, 2.05) is 41.2 Å². The van der Waals surface area contributed by atoms with Gasteiger partial charge in [-0.25, -0.2) is 4.98 Å². The number of aliphatic hydroxyl groups excluding tert-OH is 1. The summed E-state index contributed by atoms with van der Waals surface area (Å²) in [4.78, 5) is 23.2. The minimum Gasteiger partial charge on any atom is -0.391 e. The standard InChI is InChI=1S/C22H26N4O2/c1-2-21-24-10-12-25(21)11-8-22(28)26-14-17(20(27)15-26)13-16-7-9-23-19-6-4-3-5-18(16)19/h3-7,9-10,12,17,20,27H,2,8,11,13-15H2,1H3/t17-,20+/m1/s1. The van der Waals surface area contributed by atoms with Gasteiger partial charge in [-0.05, 0) is 24.1 Å². The highest BCUT2D eigenvalue weighted by Crippen LogP contribution is 2.25. The normalized spacial score (nSPS) is 19.4. The van der Waals surface area contributed by atoms with E-state index in [1.165, 1.54) is 5.56 Å². The van der Waals surface area contributed by atoms with Crippen molar-refractivity contribution in [3.05, 3.63) is 60.3 Å². The van der Waals surface area contributed by atoms with Crippen molar-refractivity contribution in [1.82, 2.24) is 19.4 Å². The number of pyridine rings is 1. The van der Waals surface area contributed by atoms with Crippen molar-refractivity contribution in [3.8, 4) is 0 Å². The molecule has 1 aliphatic rings. The first-order chi connectivity index (χ1) is 13.7. The van der Waals surface area contributed by atoms with Gasteiger partial charge in [0.15, 0.2) is 0 Å². The second-order valence-electron chi connectivity index (χ2n) is 7.46. The number of amides is 1. The van der Waals surface area contributed by atoms with Crippen LogP contribution in [0.2, 0.25) is 0 Å². The fourth-order valence-corrected chi connectivity index (χ4v) is 4.11. The maximum Gasteiger partial charge on any atom is 0.224 e. The number of fused-ring (bicyclic) bond motifs is 1. The Hall–Kier alpha value is -2.73. The summed E-state index contributed by atoms with van der Waals surface area (Å²) in [7, 11) is 0. The van der Waals surface area contributed by atoms with Gasteiger partial charge in [0.1, 0.15) is 5.82 Å². The van der Waals surface area contributed by atoms with E-state index in [0.717, 1.165) is 29.6 Å². The molecule has 1 amide bonds. The molecule has 2 aromatic heterocycles. The van der Waals surface area contributed by atoms with Crippen LogP contribution in [-0.4, -0.2) is 49.6 Å². The van der Waals surface area contributed by atoms with Gasteiger partial charge in [-0.15, -0.1) is 0 Å². The molecule has 1 fully saturated rings. The Balaban J connectivity index is 1.39. The van der Waals surface area contributed by atoms with E-state index < -0.39 is 6.10 Å². The van der Waals surface area contributed by atoms with Crippen LogP contribution in [0.4, 0.5) is 0 Å². The zero-order valence-corrected chi connectivity index (χ0v) is 16.2. The second-order valence-corrected chi connectivity index (χ2v) is 7.46. The molecule has 0 saturated carbocycles. The molecule has 0 spiro atoms. The van der Waals surface area contributed by atoms with Gasteiger partial charge in [0, 0.05) is 62.4 Å². The third kappa shape index (κ3) is 3.78. The van der Waals surface area contributed by atoms with Crippen molar-refractivity contribution in [2.24, 2.45) is 5.92 Å². The van der Waals surface area contributed by atoms with E-state index in [1.54, 1.807) is 11.1 Å². The van der Waals surface area contributed by atoms with Crippen LogP contribution in [-0.2, 0) is 24.2 Å². The maximum absolute atomic E-state index is 12.7. The molecule has 6 nitrogen and oxygen atoms in total. The number of para-hydroxylation sites is 1. The van der Waals surface area contributed by atoms with Gasteiger partial charge in [0.25, 0.3) is 0 Å². The first-order valence-electron chi connectivity index (χ1n) is 9.94. The Morgan fingerprint density at radius 2 is 2.04 bits per heavy atom. The molecule has 1 aliphatic heterocycles. The van der Waals surface area contributed by atoms with Crippen molar-refractivity contribution < 1.29 is 9.90 Å². The minimum atomic E-state index is -0.490. The van der Waals surface area contributed by atoms with Gasteiger partial charge in [-0.1, -0.05) is 25.1 Å². The van der Waals surface area contributed by atoms with Gasteiger partial charge in [0.2, 0.25) is 5.91 Å². The van der Waals surface area contributed by atoms with Crippen molar-refractivity contribution in [2.45, 2.75) is 38.8 Å². The van der Waals surface area contributed by atoms with E-state index in [0.29, 0.717) is 26.1 Å². The van der Waals surface area contributed by atoms with Crippen LogP contribution in [0.15, 0.2) is 48.9 Å². The van der Waals surface area contributed by atoms with Crippen LogP contribution < -0.4 is 0 Å². The number of aliphatic hydroxyl groups is 1. The number of β-amino-alcohol motifs (C(OH)–C–C–N with tert-alkyl or cyclic N) is 1. The second kappa shape index (κ2) is 8.10. The number of hydrogen-bond acceptors (Lipinski definition) is 4. The molecular weight excluding hydrogens is 352 g/mol. The van der Waals surface area contributed by atoms with Gasteiger partial charge in [-0.2, -0.15) is 0 Å². The third-order valence-electron chi connectivity index (χ3n) is 5.67. The van der Waals surface area contributed by atoms with Crippen molar-refractivity contribution in [1.29, 1.82) is 0 Å². The van der Waals surface area contributed by atoms with Crippen LogP contribution in [0.3, 0.4) is 0 Å². The number of nitrogens with zero attached hydrogens (tertiary/aromatic N) is 4. The molecule has 0 aliphatic carbocycles. The number of carbonyl (C=O) groups excluding carboxylic acids is 1. The van der Waals surface area contributed by atoms with Crippen LogP contribution in [0, 0.1) is 5.92 Å². The van der Waals surface area contributed by atoms with Crippen LogP contribution >= 0.6 is 0 Å². The van der Waals surface area contributed by atoms with E-state index in [2.05, 4.69) is 23.0 Å². The lowest BCUT2D eigenvalue weighted by molar-refractivity contribution is -0.130. The lowest BCUT2D eigenvalue weighted by Crippen LogP contribution is -2.30. The highest BCUT2D eigenvalue weighted by atomic mass is 16.3. The summed E-state index contributed by atoms with van der Waals surface area (Å²) >= 11 is 0. The lowest BCUT2D eigenvalue weighted by Gasteiger charge is -2.17. The highest BCUT2D eigenvalue weighted by molar-refractivity contribution is 5.82. The molecule has 146 valence electrons. The summed E-state index contributed by atoms with van der Waals surface area (Å²) in [5.74, 6) is 1.14. The average molecular weight is 378 g/mol. The quantitative estimate of drug-likeness (QED) is 0.715. The van der Waals surface area contributed by atoms with E-state index >= 15 is 0 Å². The number of aryl methyl sites for hydroxylation is 2. The summed E-state index contributed by atoms with van der Waals surface area (Å²) < 4.78 is 2.03. The predicted molar refractivity (Wildman–Crippen MR) is 108 cm³/mol. The average Bonchev–Trinajstić information content (AvgIpc) is 3.33. The smallest absolute Gasteiger partial charge is 0.224 e. The monoisotopic (exact) mass is 378 g/mol. The first-order valence-corrected chi connectivity index (χ1v) is 9.94. The topological polar surface area (TPSA) is 71.2 Å². The molecule has 0 bridgehead atoms. The Labute approximate surface area is 164 Å². The number of aromatic nitrogens is 3. The Kier molecular flexibility index (Phi) is 5.39. The molecule has 1 saturated heterocycles. The molecule has 0 unspecified atom stereocenters. The summed E-state index contributed by atoms with van der Waals surface area (Å²) in [5.41, 5.74) is 2.14. The molecule has 3 aromatic rings. The number of benzene rings is 1. The number of likely N-dealkylation sites (tertiary alicyclic amines) is 1. The third-order valence-corrected chi connectivity index (χ3v) is 5.67. The summed E-state index contributed by atoms with van der Waals surface area (Å²) in [6.45, 7) is 3.71. The van der Waals surface area contributed by atoms with Gasteiger partial charge in [-0.3, -0.25) is 9.78 Å². The zero-order valence-electron chi connectivity index (χ0n) is 16.2. The molecule has 28 heavy (non-hydrogen) atoms. The van der Waals surface area contributed by atoms with Gasteiger partial charge in [0.05, 0.1) is 11.6 Å². The Morgan fingerprint density at radius 3 is 2.89 bits per heavy atom. The van der Waals surface area contributed by atoms with E-state index in [4.69, 9.17) is 0 Å². The van der Waals surface area contributed by atoms with Crippen molar-refractivity contribution in [3.63, 3.8) is 0 Å². The highest BCUT2D eigenvalue weighted by Gasteiger charge is 2.34. The van der Waals surface area contributed by atoms with Crippen molar-refractivity contribution in [2.75, 3.05) is 13.1 Å². The fraction of sp³-hybridized carbons (Fsp3) is 0.409. The minimum absolute atomic E-state index is 0.0502. The SMILES string of the molecule is CCc1nccn1CCC(=O)N1C[C@@H](Cc2ccnc3ccccc23)[C@@H](O)C1. The Morgan fingerprint density at radius 1 is 1.18 bits per heavy atom. The van der Waals surface area contributed by atoms with Crippen molar-refractivity contribution >= 4 is 16.8 Å². The van der Waals surface area contributed by atoms with E-state index in [9.17, 15) is 9.90 Å². The lowest BCUT2D eigenvalue weighted by atomic mass is 9.94.